The predicted octanol–water partition coefficient (Wildman–Crippen LogP) is 3.61. The number of hydrogen-bond acceptors (Lipinski definition) is 6. The number of hydrogen-bond donors (Lipinski definition) is 3. The van der Waals surface area contributed by atoms with Gasteiger partial charge in [-0.25, -0.2) is 0 Å². The second-order valence-electron chi connectivity index (χ2n) is 7.63. The van der Waals surface area contributed by atoms with E-state index in [9.17, 15) is 14.4 Å². The molecule has 0 aliphatic carbocycles. The van der Waals surface area contributed by atoms with Crippen molar-refractivity contribution in [2.24, 2.45) is 0 Å². The van der Waals surface area contributed by atoms with Gasteiger partial charge < -0.3 is 20.1 Å². The number of carbonyl (C=O) groups is 3. The number of benzene rings is 3. The van der Waals surface area contributed by atoms with Crippen LogP contribution in [0.1, 0.15) is 28.6 Å². The number of anilines is 1. The highest BCUT2D eigenvalue weighted by Gasteiger charge is 2.25. The van der Waals surface area contributed by atoms with Gasteiger partial charge in [0.2, 0.25) is 6.10 Å². The van der Waals surface area contributed by atoms with E-state index in [-0.39, 0.29) is 18.7 Å². The van der Waals surface area contributed by atoms with E-state index < -0.39 is 23.9 Å². The van der Waals surface area contributed by atoms with Crippen LogP contribution >= 0.6 is 0 Å². The van der Waals surface area contributed by atoms with Crippen LogP contribution in [0.3, 0.4) is 0 Å². The van der Waals surface area contributed by atoms with Crippen molar-refractivity contribution >= 4 is 34.4 Å². The monoisotopic (exact) mass is 472 g/mol. The molecule has 1 heterocycles. The number of aromatic amines is 1. The molecule has 2 amide bonds. The molecule has 178 valence electrons. The molecule has 0 aliphatic heterocycles. The topological polar surface area (TPSA) is 122 Å². The first-order chi connectivity index (χ1) is 17.0. The number of carbonyl (C=O) groups excluding carboxylic acids is 3. The zero-order chi connectivity index (χ0) is 24.6. The summed E-state index contributed by atoms with van der Waals surface area (Å²) in [5.41, 5.74) is 2.01. The average molecular weight is 473 g/mol. The zero-order valence-corrected chi connectivity index (χ0v) is 19.0. The van der Waals surface area contributed by atoms with E-state index in [1.54, 1.807) is 60.7 Å². The minimum atomic E-state index is -1.17. The number of nitrogens with zero attached hydrogens (tertiary/aromatic N) is 1. The van der Waals surface area contributed by atoms with Gasteiger partial charge in [0, 0.05) is 29.2 Å². The van der Waals surface area contributed by atoms with Gasteiger partial charge in [-0.05, 0) is 18.2 Å². The van der Waals surface area contributed by atoms with Crippen molar-refractivity contribution in [2.45, 2.75) is 12.5 Å². The van der Waals surface area contributed by atoms with Gasteiger partial charge in [0.1, 0.15) is 5.75 Å². The first-order valence-electron chi connectivity index (χ1n) is 11.0. The number of nitrogens with one attached hydrogen (secondary N) is 3. The first-order valence-corrected chi connectivity index (χ1v) is 11.0. The second kappa shape index (κ2) is 11.0. The Kier molecular flexibility index (Phi) is 7.37. The largest absolute Gasteiger partial charge is 0.497 e. The van der Waals surface area contributed by atoms with Crippen LogP contribution in [0.15, 0.2) is 78.9 Å². The molecule has 9 nitrogen and oxygen atoms in total. The Morgan fingerprint density at radius 3 is 2.54 bits per heavy atom. The van der Waals surface area contributed by atoms with Crippen molar-refractivity contribution in [3.63, 3.8) is 0 Å². The van der Waals surface area contributed by atoms with Crippen LogP contribution in [0.4, 0.5) is 5.69 Å². The number of fused-ring (bicyclic) bond motifs is 1. The Labute approximate surface area is 201 Å². The summed E-state index contributed by atoms with van der Waals surface area (Å²) < 4.78 is 10.7. The molecule has 0 bridgehead atoms. The summed E-state index contributed by atoms with van der Waals surface area (Å²) in [6.07, 6.45) is -1.29. The maximum atomic E-state index is 13.0. The lowest BCUT2D eigenvalue weighted by molar-refractivity contribution is -0.154. The summed E-state index contributed by atoms with van der Waals surface area (Å²) in [5.74, 6) is -0.973. The van der Waals surface area contributed by atoms with Gasteiger partial charge in [0.15, 0.2) is 5.69 Å². The lowest BCUT2D eigenvalue weighted by Gasteiger charge is -2.18. The van der Waals surface area contributed by atoms with Crippen molar-refractivity contribution in [1.29, 1.82) is 0 Å². The number of rotatable bonds is 9. The quantitative estimate of drug-likeness (QED) is 0.320. The number of amides is 2. The second-order valence-corrected chi connectivity index (χ2v) is 7.63. The molecule has 0 fully saturated rings. The van der Waals surface area contributed by atoms with Crippen molar-refractivity contribution < 1.29 is 23.9 Å². The van der Waals surface area contributed by atoms with Crippen molar-refractivity contribution in [3.05, 3.63) is 90.1 Å². The lowest BCUT2D eigenvalue weighted by atomic mass is 10.1. The highest BCUT2D eigenvalue weighted by Crippen LogP contribution is 2.23. The number of esters is 1. The maximum Gasteiger partial charge on any atom is 0.308 e. The fourth-order valence-corrected chi connectivity index (χ4v) is 3.50. The standard InChI is InChI=1S/C26H24N4O5/c1-34-19-11-7-10-18(16-19)28-26(33)24(17-8-3-2-4-9-17)35-22(31)14-15-27-25(32)23-20-12-5-6-13-21(20)29-30-23/h2-13,16,24H,14-15H2,1H3,(H,27,32)(H,28,33)(H,29,30). The van der Waals surface area contributed by atoms with Crippen molar-refractivity contribution in [2.75, 3.05) is 19.0 Å². The molecule has 3 aromatic carbocycles. The summed E-state index contributed by atoms with van der Waals surface area (Å²) in [4.78, 5) is 38.1. The van der Waals surface area contributed by atoms with Gasteiger partial charge in [-0.1, -0.05) is 54.6 Å². The van der Waals surface area contributed by atoms with Crippen LogP contribution in [-0.2, 0) is 14.3 Å². The zero-order valence-electron chi connectivity index (χ0n) is 19.0. The molecule has 35 heavy (non-hydrogen) atoms. The Hall–Kier alpha value is -4.66. The van der Waals surface area contributed by atoms with E-state index in [0.29, 0.717) is 22.4 Å². The molecular weight excluding hydrogens is 448 g/mol. The number of ether oxygens (including phenoxy) is 2. The SMILES string of the molecule is COc1cccc(NC(=O)C(OC(=O)CCNC(=O)c2n[nH]c3ccccc23)c2ccccc2)c1. The average Bonchev–Trinajstić information content (AvgIpc) is 3.32. The number of methoxy groups -OCH3 is 1. The molecule has 4 aromatic rings. The molecule has 1 aromatic heterocycles. The van der Waals surface area contributed by atoms with Crippen LogP contribution in [0, 0.1) is 0 Å². The smallest absolute Gasteiger partial charge is 0.308 e. The summed E-state index contributed by atoms with van der Waals surface area (Å²) >= 11 is 0. The number of H-pyrrole nitrogens is 1. The maximum absolute atomic E-state index is 13.0. The molecule has 0 saturated heterocycles. The van der Waals surface area contributed by atoms with Crippen LogP contribution in [0.25, 0.3) is 10.9 Å². The van der Waals surface area contributed by atoms with E-state index in [4.69, 9.17) is 9.47 Å². The molecular formula is C26H24N4O5. The fourth-order valence-electron chi connectivity index (χ4n) is 3.50. The Balaban J connectivity index is 1.38. The molecule has 1 unspecified atom stereocenters. The molecule has 0 saturated carbocycles. The number of aromatic nitrogens is 2. The predicted molar refractivity (Wildman–Crippen MR) is 130 cm³/mol. The van der Waals surface area contributed by atoms with Crippen LogP contribution in [-0.4, -0.2) is 41.6 Å². The minimum Gasteiger partial charge on any atom is -0.497 e. The molecule has 3 N–H and O–H groups in total. The van der Waals surface area contributed by atoms with Gasteiger partial charge in [0.05, 0.1) is 19.0 Å². The van der Waals surface area contributed by atoms with Gasteiger partial charge in [-0.3, -0.25) is 19.5 Å². The molecule has 0 aliphatic rings. The fraction of sp³-hybridized carbons (Fsp3) is 0.154. The Morgan fingerprint density at radius 1 is 0.971 bits per heavy atom. The first kappa shape index (κ1) is 23.5. The van der Waals surface area contributed by atoms with Crippen molar-refractivity contribution in [1.82, 2.24) is 15.5 Å². The summed E-state index contributed by atoms with van der Waals surface area (Å²) in [5, 5.41) is 12.9. The summed E-state index contributed by atoms with van der Waals surface area (Å²) in [6, 6.07) is 22.8. The molecule has 0 radical (unpaired) electrons. The van der Waals surface area contributed by atoms with Crippen LogP contribution < -0.4 is 15.4 Å². The highest BCUT2D eigenvalue weighted by atomic mass is 16.5. The van der Waals surface area contributed by atoms with E-state index in [0.717, 1.165) is 5.52 Å². The number of para-hydroxylation sites is 1. The Bertz CT molecular complexity index is 1340. The molecule has 1 atom stereocenters. The van der Waals surface area contributed by atoms with Gasteiger partial charge in [0.25, 0.3) is 11.8 Å². The van der Waals surface area contributed by atoms with Gasteiger partial charge in [-0.15, -0.1) is 0 Å². The van der Waals surface area contributed by atoms with E-state index in [2.05, 4.69) is 20.8 Å². The molecule has 9 heteroatoms. The van der Waals surface area contributed by atoms with E-state index >= 15 is 0 Å². The lowest BCUT2D eigenvalue weighted by Crippen LogP contribution is -2.29. The normalized spacial score (nSPS) is 11.5. The van der Waals surface area contributed by atoms with Crippen molar-refractivity contribution in [3.8, 4) is 5.75 Å². The summed E-state index contributed by atoms with van der Waals surface area (Å²) in [6.45, 7) is 0.0257. The van der Waals surface area contributed by atoms with Crippen LogP contribution in [0.2, 0.25) is 0 Å². The van der Waals surface area contributed by atoms with E-state index in [1.165, 1.54) is 7.11 Å². The highest BCUT2D eigenvalue weighted by molar-refractivity contribution is 6.04. The van der Waals surface area contributed by atoms with Gasteiger partial charge >= 0.3 is 5.97 Å². The summed E-state index contributed by atoms with van der Waals surface area (Å²) in [7, 11) is 1.53. The van der Waals surface area contributed by atoms with Crippen LogP contribution in [0.5, 0.6) is 5.75 Å². The molecule has 4 rings (SSSR count). The third-order valence-electron chi connectivity index (χ3n) is 5.23. The van der Waals surface area contributed by atoms with E-state index in [1.807, 2.05) is 18.2 Å². The third-order valence-corrected chi connectivity index (χ3v) is 5.23. The minimum absolute atomic E-state index is 0.0257. The molecule has 0 spiro atoms. The third kappa shape index (κ3) is 5.83. The van der Waals surface area contributed by atoms with Gasteiger partial charge in [-0.2, -0.15) is 5.10 Å². The Morgan fingerprint density at radius 2 is 1.74 bits per heavy atom.